The van der Waals surface area contributed by atoms with E-state index in [0.717, 1.165) is 26.2 Å². The van der Waals surface area contributed by atoms with Crippen LogP contribution < -0.4 is 0 Å². The highest BCUT2D eigenvalue weighted by Crippen LogP contribution is 2.44. The summed E-state index contributed by atoms with van der Waals surface area (Å²) in [7, 11) is 1.18. The van der Waals surface area contributed by atoms with E-state index in [0.29, 0.717) is 0 Å². The summed E-state index contributed by atoms with van der Waals surface area (Å²) in [5, 5.41) is 9.31. The van der Waals surface area contributed by atoms with Gasteiger partial charge in [-0.1, -0.05) is 48.5 Å². The zero-order chi connectivity index (χ0) is 18.7. The van der Waals surface area contributed by atoms with Crippen LogP contribution in [0.1, 0.15) is 17.0 Å². The number of halogens is 1. The first-order chi connectivity index (χ1) is 12.6. The van der Waals surface area contributed by atoms with Gasteiger partial charge in [-0.2, -0.15) is 0 Å². The van der Waals surface area contributed by atoms with Crippen LogP contribution in [0, 0.1) is 0 Å². The summed E-state index contributed by atoms with van der Waals surface area (Å²) >= 11 is 2.98. The van der Waals surface area contributed by atoms with Gasteiger partial charge in [0.25, 0.3) is 0 Å². The Labute approximate surface area is 159 Å². The fourth-order valence-electron chi connectivity index (χ4n) is 3.16. The number of rotatable bonds is 5. The molecule has 0 spiro atoms. The van der Waals surface area contributed by atoms with Crippen LogP contribution >= 0.6 is 16.1 Å². The lowest BCUT2D eigenvalue weighted by molar-refractivity contribution is -0.145. The Bertz CT molecular complexity index is 780. The first kappa shape index (κ1) is 18.4. The van der Waals surface area contributed by atoms with E-state index in [9.17, 15) is 14.7 Å². The smallest absolute Gasteiger partial charge is 0.420 e. The van der Waals surface area contributed by atoms with Crippen LogP contribution in [0.15, 0.2) is 48.5 Å². The third-order valence-corrected chi connectivity index (χ3v) is 5.21. The number of hydrogen-bond acceptors (Lipinski definition) is 5. The average Bonchev–Trinajstić information content (AvgIpc) is 3.00. The Hall–Kier alpha value is -2.38. The Morgan fingerprint density at radius 3 is 2.15 bits per heavy atom. The highest BCUT2D eigenvalue weighted by atomic mass is 79.9. The molecule has 0 bridgehead atoms. The Kier molecular flexibility index (Phi) is 5.58. The van der Waals surface area contributed by atoms with E-state index in [-0.39, 0.29) is 12.5 Å². The van der Waals surface area contributed by atoms with Gasteiger partial charge in [0.1, 0.15) is 6.61 Å². The van der Waals surface area contributed by atoms with Gasteiger partial charge in [0.15, 0.2) is 6.04 Å². The molecular formula is C19H18BrNO5. The van der Waals surface area contributed by atoms with Crippen molar-refractivity contribution in [3.8, 4) is 11.1 Å². The van der Waals surface area contributed by atoms with Crippen molar-refractivity contribution in [3.63, 3.8) is 0 Å². The number of amides is 1. The number of esters is 1. The molecule has 6 nitrogen and oxygen atoms in total. The van der Waals surface area contributed by atoms with Gasteiger partial charge < -0.3 is 14.6 Å². The molecule has 0 unspecified atom stereocenters. The van der Waals surface area contributed by atoms with Crippen molar-refractivity contribution in [1.82, 2.24) is 3.93 Å². The molecule has 1 aliphatic carbocycles. The first-order valence-corrected chi connectivity index (χ1v) is 8.78. The van der Waals surface area contributed by atoms with Crippen LogP contribution in [-0.4, -0.2) is 47.5 Å². The maximum atomic E-state index is 12.3. The molecule has 1 aliphatic rings. The van der Waals surface area contributed by atoms with Crippen molar-refractivity contribution in [2.24, 2.45) is 0 Å². The van der Waals surface area contributed by atoms with E-state index in [1.54, 1.807) is 0 Å². The third kappa shape index (κ3) is 3.32. The Morgan fingerprint density at radius 2 is 1.65 bits per heavy atom. The number of methoxy groups -OCH3 is 1. The predicted octanol–water partition coefficient (Wildman–Crippen LogP) is 3.08. The van der Waals surface area contributed by atoms with Crippen molar-refractivity contribution in [1.29, 1.82) is 0 Å². The SMILES string of the molecule is COC(=O)[C@H](CO)N(Br)C(=O)OCC1c2ccccc2-c2ccccc21. The molecule has 7 heteroatoms. The van der Waals surface area contributed by atoms with E-state index < -0.39 is 24.7 Å². The maximum absolute atomic E-state index is 12.3. The molecule has 0 aliphatic heterocycles. The highest BCUT2D eigenvalue weighted by Gasteiger charge is 2.33. The fraction of sp³-hybridized carbons (Fsp3) is 0.263. The molecular weight excluding hydrogens is 402 g/mol. The van der Waals surface area contributed by atoms with Crippen LogP contribution in [0.3, 0.4) is 0 Å². The van der Waals surface area contributed by atoms with Crippen LogP contribution in [0.4, 0.5) is 4.79 Å². The first-order valence-electron chi connectivity index (χ1n) is 8.07. The molecule has 2 aromatic rings. The Balaban J connectivity index is 1.76. The minimum Gasteiger partial charge on any atom is -0.467 e. The topological polar surface area (TPSA) is 76.1 Å². The van der Waals surface area contributed by atoms with Crippen LogP contribution in [0.2, 0.25) is 0 Å². The molecule has 3 rings (SSSR count). The van der Waals surface area contributed by atoms with Crippen LogP contribution in [0.25, 0.3) is 11.1 Å². The largest absolute Gasteiger partial charge is 0.467 e. The monoisotopic (exact) mass is 419 g/mol. The van der Waals surface area contributed by atoms with E-state index in [2.05, 4.69) is 20.9 Å². The van der Waals surface area contributed by atoms with Gasteiger partial charge in [-0.25, -0.2) is 13.5 Å². The second kappa shape index (κ2) is 7.88. The number of aliphatic hydroxyl groups excluding tert-OH is 1. The van der Waals surface area contributed by atoms with Gasteiger partial charge >= 0.3 is 12.1 Å². The van der Waals surface area contributed by atoms with E-state index in [1.165, 1.54) is 7.11 Å². The minimum atomic E-state index is -1.17. The summed E-state index contributed by atoms with van der Waals surface area (Å²) in [4.78, 5) is 23.9. The summed E-state index contributed by atoms with van der Waals surface area (Å²) in [6.07, 6.45) is -0.767. The fourth-order valence-corrected chi connectivity index (χ4v) is 3.56. The number of aliphatic hydroxyl groups is 1. The van der Waals surface area contributed by atoms with Crippen LogP contribution in [-0.2, 0) is 14.3 Å². The third-order valence-electron chi connectivity index (χ3n) is 4.43. The van der Waals surface area contributed by atoms with Crippen LogP contribution in [0.5, 0.6) is 0 Å². The number of ether oxygens (including phenoxy) is 2. The van der Waals surface area contributed by atoms with E-state index >= 15 is 0 Å². The molecule has 2 aromatic carbocycles. The van der Waals surface area contributed by atoms with Gasteiger partial charge in [-0.05, 0) is 22.3 Å². The van der Waals surface area contributed by atoms with Gasteiger partial charge in [0.05, 0.1) is 29.9 Å². The van der Waals surface area contributed by atoms with Crippen molar-refractivity contribution in [2.75, 3.05) is 20.3 Å². The number of hydrogen-bond donors (Lipinski definition) is 1. The van der Waals surface area contributed by atoms with Gasteiger partial charge in [-0.15, -0.1) is 0 Å². The number of carbonyl (C=O) groups is 2. The second-order valence-electron chi connectivity index (χ2n) is 5.84. The summed E-state index contributed by atoms with van der Waals surface area (Å²) in [5.41, 5.74) is 4.44. The number of fused-ring (bicyclic) bond motifs is 3. The average molecular weight is 420 g/mol. The second-order valence-corrected chi connectivity index (χ2v) is 6.60. The number of nitrogens with zero attached hydrogens (tertiary/aromatic N) is 1. The summed E-state index contributed by atoms with van der Waals surface area (Å²) in [5.74, 6) is -0.823. The molecule has 1 amide bonds. The molecule has 136 valence electrons. The molecule has 1 atom stereocenters. The summed E-state index contributed by atoms with van der Waals surface area (Å²) < 4.78 is 10.8. The van der Waals surface area contributed by atoms with Crippen molar-refractivity contribution < 1.29 is 24.2 Å². The van der Waals surface area contributed by atoms with E-state index in [1.807, 2.05) is 48.5 Å². The van der Waals surface area contributed by atoms with Gasteiger partial charge in [0, 0.05) is 5.92 Å². The zero-order valence-electron chi connectivity index (χ0n) is 14.1. The van der Waals surface area contributed by atoms with Crippen molar-refractivity contribution >= 4 is 28.2 Å². The normalized spacial score (nSPS) is 13.5. The standard InChI is InChI=1S/C19H18BrNO5/c1-25-18(23)17(10-22)21(20)19(24)26-11-16-14-8-4-2-6-12(14)13-7-3-5-9-15(13)16/h2-9,16-17,22H,10-11H2,1H3/t17-/m0/s1. The molecule has 1 N–H and O–H groups in total. The Morgan fingerprint density at radius 1 is 1.12 bits per heavy atom. The predicted molar refractivity (Wildman–Crippen MR) is 98.7 cm³/mol. The lowest BCUT2D eigenvalue weighted by Crippen LogP contribution is -2.42. The molecule has 0 aromatic heterocycles. The van der Waals surface area contributed by atoms with E-state index in [4.69, 9.17) is 4.74 Å². The van der Waals surface area contributed by atoms with Crippen molar-refractivity contribution in [3.05, 3.63) is 59.7 Å². The molecule has 0 saturated carbocycles. The number of benzene rings is 2. The molecule has 0 radical (unpaired) electrons. The molecule has 0 heterocycles. The summed E-state index contributed by atoms with van der Waals surface area (Å²) in [6.45, 7) is -0.462. The van der Waals surface area contributed by atoms with Gasteiger partial charge in [-0.3, -0.25) is 0 Å². The molecule has 0 fully saturated rings. The van der Waals surface area contributed by atoms with Crippen molar-refractivity contribution in [2.45, 2.75) is 12.0 Å². The maximum Gasteiger partial charge on any atom is 0.420 e. The lowest BCUT2D eigenvalue weighted by Gasteiger charge is -2.22. The highest BCUT2D eigenvalue weighted by molar-refractivity contribution is 9.07. The molecule has 26 heavy (non-hydrogen) atoms. The molecule has 0 saturated heterocycles. The van der Waals surface area contributed by atoms with Gasteiger partial charge in [0.2, 0.25) is 0 Å². The number of carbonyl (C=O) groups excluding carboxylic acids is 2. The minimum absolute atomic E-state index is 0.0852. The lowest BCUT2D eigenvalue weighted by atomic mass is 9.98. The zero-order valence-corrected chi connectivity index (χ0v) is 15.7. The summed E-state index contributed by atoms with van der Waals surface area (Å²) in [6, 6.07) is 14.8. The quantitative estimate of drug-likeness (QED) is 0.595.